The number of aromatic nitrogens is 2. The topological polar surface area (TPSA) is 96.5 Å². The summed E-state index contributed by atoms with van der Waals surface area (Å²) in [4.78, 5) is 18.4. The molecule has 0 amide bonds. The predicted octanol–water partition coefficient (Wildman–Crippen LogP) is 3.91. The van der Waals surface area contributed by atoms with Gasteiger partial charge in [0.25, 0.3) is 0 Å². The molecule has 0 unspecified atom stereocenters. The van der Waals surface area contributed by atoms with E-state index >= 15 is 0 Å². The fourth-order valence-corrected chi connectivity index (χ4v) is 2.31. The quantitative estimate of drug-likeness (QED) is 0.633. The Kier molecular flexibility index (Phi) is 4.33. The fourth-order valence-electron chi connectivity index (χ4n) is 2.31. The standard InChI is InChI=1S/C16H12F3N3O4/c1-25-13-7-12-11(6-10(13)14(23)24)21-15(22-12)20-8-2-4-9(5-3-8)26-16(17,18)19/h2-7H,1H3,(H,23,24)(H2,20,21,22). The number of hydrogen-bond donors (Lipinski definition) is 3. The highest BCUT2D eigenvalue weighted by atomic mass is 19.4. The third-order valence-corrected chi connectivity index (χ3v) is 3.38. The van der Waals surface area contributed by atoms with Crippen LogP contribution in [0.25, 0.3) is 11.0 Å². The maximum Gasteiger partial charge on any atom is 0.573 e. The number of aromatic carboxylic acids is 1. The Morgan fingerprint density at radius 3 is 2.50 bits per heavy atom. The molecule has 0 fully saturated rings. The Balaban J connectivity index is 1.84. The molecule has 136 valence electrons. The number of nitrogens with one attached hydrogen (secondary N) is 2. The Morgan fingerprint density at radius 1 is 1.23 bits per heavy atom. The lowest BCUT2D eigenvalue weighted by molar-refractivity contribution is -0.274. The molecular weight excluding hydrogens is 355 g/mol. The van der Waals surface area contributed by atoms with Crippen LogP contribution in [0.2, 0.25) is 0 Å². The second-order valence-corrected chi connectivity index (χ2v) is 5.16. The molecule has 2 aromatic carbocycles. The molecule has 3 rings (SSSR count). The second kappa shape index (κ2) is 6.47. The maximum absolute atomic E-state index is 12.2. The highest BCUT2D eigenvalue weighted by Gasteiger charge is 2.30. The molecule has 0 spiro atoms. The molecule has 1 aromatic heterocycles. The molecule has 1 heterocycles. The smallest absolute Gasteiger partial charge is 0.496 e. The summed E-state index contributed by atoms with van der Waals surface area (Å²) in [6.45, 7) is 0. The van der Waals surface area contributed by atoms with Gasteiger partial charge in [0.05, 0.1) is 18.1 Å². The number of rotatable bonds is 5. The van der Waals surface area contributed by atoms with E-state index in [1.54, 1.807) is 0 Å². The lowest BCUT2D eigenvalue weighted by Gasteiger charge is -2.09. The normalized spacial score (nSPS) is 11.4. The number of fused-ring (bicyclic) bond motifs is 1. The van der Waals surface area contributed by atoms with E-state index in [0.29, 0.717) is 16.7 Å². The largest absolute Gasteiger partial charge is 0.573 e. The molecule has 7 nitrogen and oxygen atoms in total. The van der Waals surface area contributed by atoms with Crippen molar-refractivity contribution in [1.82, 2.24) is 9.97 Å². The van der Waals surface area contributed by atoms with E-state index < -0.39 is 12.3 Å². The van der Waals surface area contributed by atoms with Crippen molar-refractivity contribution in [3.05, 3.63) is 42.0 Å². The van der Waals surface area contributed by atoms with E-state index in [2.05, 4.69) is 20.0 Å². The number of carboxylic acids is 1. The zero-order valence-corrected chi connectivity index (χ0v) is 13.2. The Hall–Kier alpha value is -3.43. The van der Waals surface area contributed by atoms with Crippen LogP contribution in [0.3, 0.4) is 0 Å². The van der Waals surface area contributed by atoms with Crippen molar-refractivity contribution in [3.8, 4) is 11.5 Å². The van der Waals surface area contributed by atoms with Crippen molar-refractivity contribution in [2.24, 2.45) is 0 Å². The minimum absolute atomic E-state index is 0.0355. The summed E-state index contributed by atoms with van der Waals surface area (Å²) >= 11 is 0. The van der Waals surface area contributed by atoms with Gasteiger partial charge < -0.3 is 24.9 Å². The van der Waals surface area contributed by atoms with Crippen LogP contribution in [0, 0.1) is 0 Å². The molecule has 10 heteroatoms. The molecule has 0 bridgehead atoms. The van der Waals surface area contributed by atoms with Gasteiger partial charge in [-0.3, -0.25) is 0 Å². The van der Waals surface area contributed by atoms with E-state index in [9.17, 15) is 23.1 Å². The van der Waals surface area contributed by atoms with Crippen LogP contribution in [0.1, 0.15) is 10.4 Å². The van der Waals surface area contributed by atoms with E-state index in [0.717, 1.165) is 12.1 Å². The summed E-state index contributed by atoms with van der Waals surface area (Å²) in [7, 11) is 1.35. The zero-order chi connectivity index (χ0) is 18.9. The first-order valence-electron chi connectivity index (χ1n) is 7.19. The number of ether oxygens (including phenoxy) is 2. The molecule has 0 saturated heterocycles. The molecule has 0 aliphatic rings. The van der Waals surface area contributed by atoms with Crippen LogP contribution in [-0.2, 0) is 0 Å². The van der Waals surface area contributed by atoms with Crippen molar-refractivity contribution < 1.29 is 32.5 Å². The minimum atomic E-state index is -4.76. The summed E-state index contributed by atoms with van der Waals surface area (Å²) in [6, 6.07) is 7.94. The van der Waals surface area contributed by atoms with Gasteiger partial charge in [-0.05, 0) is 30.3 Å². The SMILES string of the molecule is COc1cc2[nH]c(Nc3ccc(OC(F)(F)F)cc3)nc2cc1C(=O)O. The van der Waals surface area contributed by atoms with E-state index in [1.165, 1.54) is 31.4 Å². The number of methoxy groups -OCH3 is 1. The van der Waals surface area contributed by atoms with Gasteiger partial charge in [0.2, 0.25) is 5.95 Å². The number of hydrogen-bond acceptors (Lipinski definition) is 5. The summed E-state index contributed by atoms with van der Waals surface area (Å²) in [5.41, 5.74) is 1.35. The number of carboxylic acid groups (broad SMARTS) is 1. The molecule has 0 aliphatic heterocycles. The van der Waals surface area contributed by atoms with Crippen molar-refractivity contribution in [1.29, 1.82) is 0 Å². The molecule has 0 atom stereocenters. The van der Waals surface area contributed by atoms with Gasteiger partial charge in [-0.25, -0.2) is 9.78 Å². The van der Waals surface area contributed by atoms with E-state index in [-0.39, 0.29) is 23.0 Å². The second-order valence-electron chi connectivity index (χ2n) is 5.16. The van der Waals surface area contributed by atoms with Gasteiger partial charge in [0.15, 0.2) is 0 Å². The molecule has 3 N–H and O–H groups in total. The number of imidazole rings is 1. The number of carbonyl (C=O) groups is 1. The van der Waals surface area contributed by atoms with Gasteiger partial charge in [0.1, 0.15) is 17.1 Å². The summed E-state index contributed by atoms with van der Waals surface area (Å²) in [5, 5.41) is 12.1. The number of anilines is 2. The van der Waals surface area contributed by atoms with E-state index in [4.69, 9.17) is 4.74 Å². The Bertz CT molecular complexity index is 952. The highest BCUT2D eigenvalue weighted by Crippen LogP contribution is 2.28. The summed E-state index contributed by atoms with van der Waals surface area (Å²) in [5.74, 6) is -1.03. The maximum atomic E-state index is 12.2. The van der Waals surface area contributed by atoms with Crippen LogP contribution in [-0.4, -0.2) is 34.5 Å². The third-order valence-electron chi connectivity index (χ3n) is 3.38. The van der Waals surface area contributed by atoms with Crippen LogP contribution in [0.4, 0.5) is 24.8 Å². The zero-order valence-electron chi connectivity index (χ0n) is 13.2. The summed E-state index contributed by atoms with van der Waals surface area (Å²) in [6.07, 6.45) is -4.76. The monoisotopic (exact) mass is 367 g/mol. The fraction of sp³-hybridized carbons (Fsp3) is 0.125. The van der Waals surface area contributed by atoms with Crippen LogP contribution in [0.15, 0.2) is 36.4 Å². The molecule has 26 heavy (non-hydrogen) atoms. The highest BCUT2D eigenvalue weighted by molar-refractivity contribution is 5.96. The van der Waals surface area contributed by atoms with Gasteiger partial charge in [-0.1, -0.05) is 0 Å². The average molecular weight is 367 g/mol. The Morgan fingerprint density at radius 2 is 1.92 bits per heavy atom. The number of H-pyrrole nitrogens is 1. The van der Waals surface area contributed by atoms with Crippen molar-refractivity contribution >= 4 is 28.6 Å². The minimum Gasteiger partial charge on any atom is -0.496 e. The van der Waals surface area contributed by atoms with Crippen molar-refractivity contribution in [2.75, 3.05) is 12.4 Å². The van der Waals surface area contributed by atoms with Gasteiger partial charge in [0, 0.05) is 11.8 Å². The van der Waals surface area contributed by atoms with Gasteiger partial charge >= 0.3 is 12.3 Å². The van der Waals surface area contributed by atoms with Crippen LogP contribution in [0.5, 0.6) is 11.5 Å². The van der Waals surface area contributed by atoms with Crippen molar-refractivity contribution in [3.63, 3.8) is 0 Å². The van der Waals surface area contributed by atoms with Gasteiger partial charge in [-0.15, -0.1) is 13.2 Å². The lowest BCUT2D eigenvalue weighted by atomic mass is 10.2. The first-order chi connectivity index (χ1) is 12.2. The molecule has 0 radical (unpaired) electrons. The predicted molar refractivity (Wildman–Crippen MR) is 86.0 cm³/mol. The van der Waals surface area contributed by atoms with Crippen LogP contribution >= 0.6 is 0 Å². The number of aromatic amines is 1. The number of halogens is 3. The molecular formula is C16H12F3N3O4. The van der Waals surface area contributed by atoms with Crippen molar-refractivity contribution in [2.45, 2.75) is 6.36 Å². The van der Waals surface area contributed by atoms with Crippen LogP contribution < -0.4 is 14.8 Å². The first kappa shape index (κ1) is 17.4. The number of nitrogens with zero attached hydrogens (tertiary/aromatic N) is 1. The number of alkyl halides is 3. The Labute approximate surface area is 144 Å². The van der Waals surface area contributed by atoms with E-state index in [1.807, 2.05) is 0 Å². The molecule has 3 aromatic rings. The first-order valence-corrected chi connectivity index (χ1v) is 7.19. The number of benzene rings is 2. The molecule has 0 aliphatic carbocycles. The average Bonchev–Trinajstić information content (AvgIpc) is 2.95. The summed E-state index contributed by atoms with van der Waals surface area (Å²) < 4.78 is 45.3. The molecule has 0 saturated carbocycles. The third kappa shape index (κ3) is 3.79. The van der Waals surface area contributed by atoms with Gasteiger partial charge in [-0.2, -0.15) is 0 Å². The lowest BCUT2D eigenvalue weighted by Crippen LogP contribution is -2.16.